The van der Waals surface area contributed by atoms with Crippen LogP contribution in [-0.2, 0) is 16.0 Å². The van der Waals surface area contributed by atoms with E-state index in [4.69, 9.17) is 4.74 Å². The smallest absolute Gasteiger partial charge is 0.168 e. The molecule has 0 spiro atoms. The van der Waals surface area contributed by atoms with Crippen molar-refractivity contribution in [1.29, 1.82) is 0 Å². The summed E-state index contributed by atoms with van der Waals surface area (Å²) in [6, 6.07) is 4.68. The molecule has 1 rings (SSSR count). The quantitative estimate of drug-likeness (QED) is 0.832. The maximum absolute atomic E-state index is 13.3. The van der Waals surface area contributed by atoms with Crippen molar-refractivity contribution in [3.05, 3.63) is 34.1 Å². The van der Waals surface area contributed by atoms with Gasteiger partial charge in [-0.25, -0.2) is 4.39 Å². The Labute approximate surface area is 109 Å². The van der Waals surface area contributed by atoms with Crippen LogP contribution in [-0.4, -0.2) is 18.5 Å². The molecule has 0 N–H and O–H groups in total. The number of methoxy groups -OCH3 is 1. The van der Waals surface area contributed by atoms with Gasteiger partial charge in [0.2, 0.25) is 0 Å². The fraction of sp³-hybridized carbons (Fsp3) is 0.462. The van der Waals surface area contributed by atoms with Crippen molar-refractivity contribution < 1.29 is 13.9 Å². The lowest BCUT2D eigenvalue weighted by Gasteiger charge is -2.25. The third-order valence-electron chi connectivity index (χ3n) is 3.10. The number of ether oxygens (including phenoxy) is 1. The number of Topliss-reactive ketones (excluding diaryl/α,β-unsaturated/α-hetero) is 1. The van der Waals surface area contributed by atoms with Crippen molar-refractivity contribution in [3.8, 4) is 0 Å². The average molecular weight is 303 g/mol. The molecule has 0 heterocycles. The second-order valence-electron chi connectivity index (χ2n) is 4.10. The molecule has 0 fully saturated rings. The van der Waals surface area contributed by atoms with Crippen LogP contribution in [0.5, 0.6) is 0 Å². The topological polar surface area (TPSA) is 26.3 Å². The lowest BCUT2D eigenvalue weighted by Crippen LogP contribution is -2.37. The van der Waals surface area contributed by atoms with E-state index in [1.165, 1.54) is 13.2 Å². The Hall–Kier alpha value is -0.740. The molecule has 1 unspecified atom stereocenters. The first-order valence-corrected chi connectivity index (χ1v) is 6.25. The minimum atomic E-state index is -0.800. The van der Waals surface area contributed by atoms with E-state index >= 15 is 0 Å². The molecule has 1 atom stereocenters. The predicted molar refractivity (Wildman–Crippen MR) is 68.5 cm³/mol. The van der Waals surface area contributed by atoms with E-state index in [1.807, 2.05) is 6.92 Å². The minimum Gasteiger partial charge on any atom is -0.371 e. The molecule has 1 aromatic carbocycles. The summed E-state index contributed by atoms with van der Waals surface area (Å²) in [5, 5.41) is 0. The van der Waals surface area contributed by atoms with Crippen molar-refractivity contribution in [2.24, 2.45) is 0 Å². The second kappa shape index (κ2) is 5.74. The summed E-state index contributed by atoms with van der Waals surface area (Å²) in [6.45, 7) is 3.64. The van der Waals surface area contributed by atoms with E-state index in [9.17, 15) is 9.18 Å². The lowest BCUT2D eigenvalue weighted by atomic mass is 9.92. The van der Waals surface area contributed by atoms with Gasteiger partial charge in [0.1, 0.15) is 11.4 Å². The lowest BCUT2D eigenvalue weighted by molar-refractivity contribution is -0.138. The molecule has 0 saturated heterocycles. The molecule has 94 valence electrons. The van der Waals surface area contributed by atoms with Crippen LogP contribution >= 0.6 is 15.9 Å². The van der Waals surface area contributed by atoms with Gasteiger partial charge < -0.3 is 4.74 Å². The van der Waals surface area contributed by atoms with Gasteiger partial charge in [-0.15, -0.1) is 0 Å². The summed E-state index contributed by atoms with van der Waals surface area (Å²) < 4.78 is 18.9. The fourth-order valence-electron chi connectivity index (χ4n) is 1.50. The average Bonchev–Trinajstić information content (AvgIpc) is 2.33. The third-order valence-corrected chi connectivity index (χ3v) is 3.99. The molecular formula is C13H16BrFO2. The molecule has 0 amide bonds. The Bertz CT molecular complexity index is 414. The standard InChI is InChI=1S/C13H16BrFO2/c1-4-13(2,17-3)11(16)8-9-6-5-7-10(15)12(9)14/h5-7H,4,8H2,1-3H3. The number of carbonyl (C=O) groups excluding carboxylic acids is 1. The van der Waals surface area contributed by atoms with Gasteiger partial charge in [0, 0.05) is 13.5 Å². The third kappa shape index (κ3) is 3.13. The number of carbonyl (C=O) groups is 1. The van der Waals surface area contributed by atoms with Crippen molar-refractivity contribution in [2.45, 2.75) is 32.3 Å². The highest BCUT2D eigenvalue weighted by Gasteiger charge is 2.30. The molecule has 4 heteroatoms. The minimum absolute atomic E-state index is 0.0474. The number of rotatable bonds is 5. The molecule has 0 aromatic heterocycles. The van der Waals surface area contributed by atoms with Gasteiger partial charge in [0.15, 0.2) is 5.78 Å². The zero-order valence-corrected chi connectivity index (χ0v) is 11.8. The largest absolute Gasteiger partial charge is 0.371 e. The molecule has 0 aliphatic rings. The number of halogens is 2. The Morgan fingerprint density at radius 2 is 2.18 bits per heavy atom. The van der Waals surface area contributed by atoms with Gasteiger partial charge in [-0.1, -0.05) is 19.1 Å². The molecule has 17 heavy (non-hydrogen) atoms. The Kier molecular flexibility index (Phi) is 4.83. The van der Waals surface area contributed by atoms with Crippen LogP contribution in [0.1, 0.15) is 25.8 Å². The normalized spacial score (nSPS) is 14.4. The first-order valence-electron chi connectivity index (χ1n) is 5.46. The first kappa shape index (κ1) is 14.3. The number of hydrogen-bond donors (Lipinski definition) is 0. The van der Waals surface area contributed by atoms with Crippen LogP contribution in [0.25, 0.3) is 0 Å². The number of benzene rings is 1. The van der Waals surface area contributed by atoms with E-state index in [0.29, 0.717) is 16.5 Å². The summed E-state index contributed by atoms with van der Waals surface area (Å²) in [5.74, 6) is -0.403. The predicted octanol–water partition coefficient (Wildman–Crippen LogP) is 3.51. The molecule has 0 aliphatic heterocycles. The number of hydrogen-bond acceptors (Lipinski definition) is 2. The van der Waals surface area contributed by atoms with Gasteiger partial charge in [0.05, 0.1) is 4.47 Å². The second-order valence-corrected chi connectivity index (χ2v) is 4.89. The van der Waals surface area contributed by atoms with Gasteiger partial charge in [0.25, 0.3) is 0 Å². The van der Waals surface area contributed by atoms with Gasteiger partial charge in [-0.05, 0) is 40.9 Å². The van der Waals surface area contributed by atoms with E-state index in [1.54, 1.807) is 19.1 Å². The van der Waals surface area contributed by atoms with Crippen LogP contribution in [0.4, 0.5) is 4.39 Å². The van der Waals surface area contributed by atoms with E-state index in [0.717, 1.165) is 0 Å². The zero-order chi connectivity index (χ0) is 13.1. The highest BCUT2D eigenvalue weighted by atomic mass is 79.9. The zero-order valence-electron chi connectivity index (χ0n) is 10.2. The Morgan fingerprint density at radius 1 is 1.53 bits per heavy atom. The highest BCUT2D eigenvalue weighted by molar-refractivity contribution is 9.10. The maximum atomic E-state index is 13.3. The molecule has 1 aromatic rings. The van der Waals surface area contributed by atoms with Crippen LogP contribution in [0.3, 0.4) is 0 Å². The highest BCUT2D eigenvalue weighted by Crippen LogP contribution is 2.24. The summed E-state index contributed by atoms with van der Waals surface area (Å²) in [5.41, 5.74) is -0.155. The maximum Gasteiger partial charge on any atom is 0.168 e. The van der Waals surface area contributed by atoms with E-state index in [2.05, 4.69) is 15.9 Å². The van der Waals surface area contributed by atoms with Crippen molar-refractivity contribution in [1.82, 2.24) is 0 Å². The molecule has 0 radical (unpaired) electrons. The molecule has 0 saturated carbocycles. The van der Waals surface area contributed by atoms with Crippen LogP contribution in [0.2, 0.25) is 0 Å². The van der Waals surface area contributed by atoms with Gasteiger partial charge in [-0.2, -0.15) is 0 Å². The Morgan fingerprint density at radius 3 is 2.71 bits per heavy atom. The monoisotopic (exact) mass is 302 g/mol. The van der Waals surface area contributed by atoms with Crippen LogP contribution in [0, 0.1) is 5.82 Å². The van der Waals surface area contributed by atoms with Crippen molar-refractivity contribution in [2.75, 3.05) is 7.11 Å². The first-order chi connectivity index (χ1) is 7.94. The summed E-state index contributed by atoms with van der Waals surface area (Å²) in [6.07, 6.45) is 0.756. The molecule has 0 aliphatic carbocycles. The fourth-order valence-corrected chi connectivity index (χ4v) is 1.90. The summed E-state index contributed by atoms with van der Waals surface area (Å²) in [7, 11) is 1.52. The van der Waals surface area contributed by atoms with E-state index < -0.39 is 5.60 Å². The number of ketones is 1. The summed E-state index contributed by atoms with van der Waals surface area (Å²) >= 11 is 3.15. The molecule has 2 nitrogen and oxygen atoms in total. The van der Waals surface area contributed by atoms with Gasteiger partial charge >= 0.3 is 0 Å². The molecule has 0 bridgehead atoms. The Balaban J connectivity index is 2.92. The van der Waals surface area contributed by atoms with Crippen molar-refractivity contribution >= 4 is 21.7 Å². The SMILES string of the molecule is CCC(C)(OC)C(=O)Cc1cccc(F)c1Br. The van der Waals surface area contributed by atoms with Crippen molar-refractivity contribution in [3.63, 3.8) is 0 Å². The molecular weight excluding hydrogens is 287 g/mol. The van der Waals surface area contributed by atoms with Crippen LogP contribution in [0.15, 0.2) is 22.7 Å². The summed E-state index contributed by atoms with van der Waals surface area (Å²) in [4.78, 5) is 12.1. The van der Waals surface area contributed by atoms with E-state index in [-0.39, 0.29) is 18.0 Å². The van der Waals surface area contributed by atoms with Crippen LogP contribution < -0.4 is 0 Å². The van der Waals surface area contributed by atoms with Gasteiger partial charge in [-0.3, -0.25) is 4.79 Å².